The summed E-state index contributed by atoms with van der Waals surface area (Å²) in [6, 6.07) is 9.93. The first-order valence-corrected chi connectivity index (χ1v) is 4.77. The van der Waals surface area contributed by atoms with Gasteiger partial charge in [0.15, 0.2) is 0 Å². The van der Waals surface area contributed by atoms with Crippen LogP contribution < -0.4 is 5.73 Å². The van der Waals surface area contributed by atoms with Crippen LogP contribution in [0.3, 0.4) is 0 Å². The van der Waals surface area contributed by atoms with Gasteiger partial charge in [0, 0.05) is 11.2 Å². The van der Waals surface area contributed by atoms with Crippen LogP contribution in [0.5, 0.6) is 0 Å². The molecule has 3 heteroatoms. The molecule has 1 heterocycles. The van der Waals surface area contributed by atoms with Gasteiger partial charge in [-0.1, -0.05) is 18.2 Å². The van der Waals surface area contributed by atoms with Crippen LogP contribution in [-0.4, -0.2) is 16.6 Å². The fourth-order valence-electron chi connectivity index (χ4n) is 1.59. The number of rotatable bonds is 3. The van der Waals surface area contributed by atoms with E-state index in [1.165, 1.54) is 0 Å². The minimum Gasteiger partial charge on any atom is -0.387 e. The van der Waals surface area contributed by atoms with Crippen LogP contribution in [0.1, 0.15) is 18.2 Å². The third kappa shape index (κ3) is 1.64. The summed E-state index contributed by atoms with van der Waals surface area (Å²) in [5.74, 6) is 0. The van der Waals surface area contributed by atoms with Crippen molar-refractivity contribution in [3.8, 4) is 0 Å². The second-order valence-corrected chi connectivity index (χ2v) is 3.41. The van der Waals surface area contributed by atoms with Gasteiger partial charge in [0.25, 0.3) is 0 Å². The first kappa shape index (κ1) is 9.24. The molecule has 0 spiro atoms. The third-order valence-corrected chi connectivity index (χ3v) is 2.35. The number of nitrogens with two attached hydrogens (primary N) is 1. The van der Waals surface area contributed by atoms with E-state index in [-0.39, 0.29) is 0 Å². The summed E-state index contributed by atoms with van der Waals surface area (Å²) in [5.41, 5.74) is 7.29. The van der Waals surface area contributed by atoms with Gasteiger partial charge in [0.1, 0.15) is 0 Å². The molecule has 1 aromatic carbocycles. The Labute approximate surface area is 82.6 Å². The number of aromatic nitrogens is 1. The highest BCUT2D eigenvalue weighted by Crippen LogP contribution is 2.21. The summed E-state index contributed by atoms with van der Waals surface area (Å²) in [6.45, 7) is 0.497. The van der Waals surface area contributed by atoms with Crippen molar-refractivity contribution in [2.24, 2.45) is 5.73 Å². The zero-order chi connectivity index (χ0) is 9.97. The molecular weight excluding hydrogens is 176 g/mol. The van der Waals surface area contributed by atoms with Crippen molar-refractivity contribution in [2.75, 3.05) is 6.54 Å². The molecule has 2 rings (SSSR count). The molecule has 3 nitrogen and oxygen atoms in total. The normalized spacial score (nSPS) is 13.3. The average Bonchev–Trinajstić information content (AvgIpc) is 2.61. The lowest BCUT2D eigenvalue weighted by molar-refractivity contribution is 0.166. The molecule has 0 bridgehead atoms. The van der Waals surface area contributed by atoms with Gasteiger partial charge in [-0.15, -0.1) is 0 Å². The van der Waals surface area contributed by atoms with Crippen LogP contribution in [0, 0.1) is 0 Å². The van der Waals surface area contributed by atoms with Crippen molar-refractivity contribution in [3.05, 3.63) is 36.0 Å². The summed E-state index contributed by atoms with van der Waals surface area (Å²) in [6.07, 6.45) is 0.111. The molecule has 0 aliphatic carbocycles. The minimum atomic E-state index is -0.479. The van der Waals surface area contributed by atoms with E-state index in [9.17, 15) is 5.11 Å². The number of nitrogens with one attached hydrogen (secondary N) is 1. The summed E-state index contributed by atoms with van der Waals surface area (Å²) in [4.78, 5) is 3.17. The maximum atomic E-state index is 9.71. The predicted octanol–water partition coefficient (Wildman–Crippen LogP) is 1.55. The number of aliphatic hydroxyl groups is 1. The van der Waals surface area contributed by atoms with Crippen LogP contribution in [0.4, 0.5) is 0 Å². The lowest BCUT2D eigenvalue weighted by Gasteiger charge is -2.05. The number of aromatic amines is 1. The zero-order valence-electron chi connectivity index (χ0n) is 7.90. The Bertz CT molecular complexity index is 389. The fraction of sp³-hybridized carbons (Fsp3) is 0.273. The molecule has 0 saturated heterocycles. The molecule has 0 aliphatic rings. The second-order valence-electron chi connectivity index (χ2n) is 3.41. The van der Waals surface area contributed by atoms with Crippen molar-refractivity contribution < 1.29 is 5.11 Å². The molecule has 74 valence electrons. The number of benzene rings is 1. The average molecular weight is 190 g/mol. The van der Waals surface area contributed by atoms with Gasteiger partial charge in [0.05, 0.1) is 6.10 Å². The van der Waals surface area contributed by atoms with Crippen LogP contribution >= 0.6 is 0 Å². The summed E-state index contributed by atoms with van der Waals surface area (Å²) in [5, 5.41) is 10.8. The number of H-pyrrole nitrogens is 1. The molecule has 0 unspecified atom stereocenters. The predicted molar refractivity (Wildman–Crippen MR) is 56.9 cm³/mol. The SMILES string of the molecule is NCC[C@@H](O)c1cc2ccccc2[nH]1. The van der Waals surface area contributed by atoms with Gasteiger partial charge in [0.2, 0.25) is 0 Å². The van der Waals surface area contributed by atoms with Gasteiger partial charge in [-0.05, 0) is 30.5 Å². The van der Waals surface area contributed by atoms with E-state index >= 15 is 0 Å². The first-order chi connectivity index (χ1) is 6.81. The highest BCUT2D eigenvalue weighted by atomic mass is 16.3. The Morgan fingerprint density at radius 3 is 2.86 bits per heavy atom. The van der Waals surface area contributed by atoms with E-state index in [2.05, 4.69) is 4.98 Å². The van der Waals surface area contributed by atoms with E-state index in [1.807, 2.05) is 30.3 Å². The van der Waals surface area contributed by atoms with Crippen molar-refractivity contribution in [3.63, 3.8) is 0 Å². The molecular formula is C11H14N2O. The van der Waals surface area contributed by atoms with Gasteiger partial charge in [-0.3, -0.25) is 0 Å². The molecule has 14 heavy (non-hydrogen) atoms. The van der Waals surface area contributed by atoms with Crippen molar-refractivity contribution in [1.82, 2.24) is 4.98 Å². The summed E-state index contributed by atoms with van der Waals surface area (Å²) in [7, 11) is 0. The Hall–Kier alpha value is -1.32. The number of para-hydroxylation sites is 1. The van der Waals surface area contributed by atoms with Gasteiger partial charge in [-0.2, -0.15) is 0 Å². The second kappa shape index (κ2) is 3.82. The highest BCUT2D eigenvalue weighted by molar-refractivity contribution is 5.80. The first-order valence-electron chi connectivity index (χ1n) is 4.77. The molecule has 1 aromatic heterocycles. The number of hydrogen-bond acceptors (Lipinski definition) is 2. The zero-order valence-corrected chi connectivity index (χ0v) is 7.90. The topological polar surface area (TPSA) is 62.0 Å². The van der Waals surface area contributed by atoms with Crippen molar-refractivity contribution in [1.29, 1.82) is 0 Å². The molecule has 0 saturated carbocycles. The highest BCUT2D eigenvalue weighted by Gasteiger charge is 2.08. The van der Waals surface area contributed by atoms with Crippen molar-refractivity contribution >= 4 is 10.9 Å². The maximum Gasteiger partial charge on any atom is 0.0950 e. The molecule has 0 fully saturated rings. The van der Waals surface area contributed by atoms with Crippen LogP contribution in [0.25, 0.3) is 10.9 Å². The number of hydrogen-bond donors (Lipinski definition) is 3. The van der Waals surface area contributed by atoms with Crippen molar-refractivity contribution in [2.45, 2.75) is 12.5 Å². The number of fused-ring (bicyclic) bond motifs is 1. The van der Waals surface area contributed by atoms with Crippen LogP contribution in [0.2, 0.25) is 0 Å². The third-order valence-electron chi connectivity index (χ3n) is 2.35. The van der Waals surface area contributed by atoms with E-state index in [0.29, 0.717) is 13.0 Å². The lowest BCUT2D eigenvalue weighted by Crippen LogP contribution is -2.06. The monoisotopic (exact) mass is 190 g/mol. The molecule has 0 radical (unpaired) electrons. The lowest BCUT2D eigenvalue weighted by atomic mass is 10.2. The Balaban J connectivity index is 2.35. The fourth-order valence-corrected chi connectivity index (χ4v) is 1.59. The van der Waals surface area contributed by atoms with Gasteiger partial charge in [-0.25, -0.2) is 0 Å². The van der Waals surface area contributed by atoms with Crippen LogP contribution in [-0.2, 0) is 0 Å². The van der Waals surface area contributed by atoms with E-state index in [0.717, 1.165) is 16.6 Å². The van der Waals surface area contributed by atoms with Gasteiger partial charge < -0.3 is 15.8 Å². The number of aliphatic hydroxyl groups excluding tert-OH is 1. The smallest absolute Gasteiger partial charge is 0.0950 e. The van der Waals surface area contributed by atoms with E-state index < -0.39 is 6.10 Å². The minimum absolute atomic E-state index is 0.479. The summed E-state index contributed by atoms with van der Waals surface area (Å²) < 4.78 is 0. The standard InChI is InChI=1S/C11H14N2O/c12-6-5-11(14)10-7-8-3-1-2-4-9(8)13-10/h1-4,7,11,13-14H,5-6,12H2/t11-/m1/s1. The Kier molecular flexibility index (Phi) is 2.52. The largest absolute Gasteiger partial charge is 0.387 e. The Morgan fingerprint density at radius 1 is 1.36 bits per heavy atom. The molecule has 0 amide bonds. The van der Waals surface area contributed by atoms with Crippen LogP contribution in [0.15, 0.2) is 30.3 Å². The summed E-state index contributed by atoms with van der Waals surface area (Å²) >= 11 is 0. The van der Waals surface area contributed by atoms with E-state index in [4.69, 9.17) is 5.73 Å². The van der Waals surface area contributed by atoms with E-state index in [1.54, 1.807) is 0 Å². The van der Waals surface area contributed by atoms with Gasteiger partial charge >= 0.3 is 0 Å². The quantitative estimate of drug-likeness (QED) is 0.687. The Morgan fingerprint density at radius 2 is 2.14 bits per heavy atom. The molecule has 0 aliphatic heterocycles. The maximum absolute atomic E-state index is 9.71. The molecule has 4 N–H and O–H groups in total. The molecule has 1 atom stereocenters. The molecule has 2 aromatic rings.